The fourth-order valence-corrected chi connectivity index (χ4v) is 1.73. The molecule has 0 radical (unpaired) electrons. The normalized spacial score (nSPS) is 12.2. The van der Waals surface area contributed by atoms with E-state index in [2.05, 4.69) is 5.32 Å². The third-order valence-corrected chi connectivity index (χ3v) is 2.85. The number of benzene rings is 1. The van der Waals surface area contributed by atoms with E-state index in [0.29, 0.717) is 11.4 Å². The van der Waals surface area contributed by atoms with Gasteiger partial charge >= 0.3 is 0 Å². The number of halogens is 2. The second-order valence-corrected chi connectivity index (χ2v) is 4.52. The molecule has 0 fully saturated rings. The van der Waals surface area contributed by atoms with Gasteiger partial charge in [0.1, 0.15) is 5.82 Å². The Morgan fingerprint density at radius 1 is 1.53 bits per heavy atom. The molecule has 1 N–H and O–H groups in total. The van der Waals surface area contributed by atoms with Crippen molar-refractivity contribution in [3.63, 3.8) is 0 Å². The number of hydrogen-bond acceptors (Lipinski definition) is 1. The molecule has 4 heteroatoms. The Hall–Kier alpha value is -1.09. The van der Waals surface area contributed by atoms with Crippen LogP contribution in [0.5, 0.6) is 0 Å². The monoisotopic (exact) mass is 257 g/mol. The highest BCUT2D eigenvalue weighted by Gasteiger charge is 2.14. The summed E-state index contributed by atoms with van der Waals surface area (Å²) in [4.78, 5) is 11.8. The zero-order valence-corrected chi connectivity index (χ0v) is 10.9. The van der Waals surface area contributed by atoms with Crippen molar-refractivity contribution in [3.05, 3.63) is 35.1 Å². The van der Waals surface area contributed by atoms with Gasteiger partial charge in [0.2, 0.25) is 0 Å². The van der Waals surface area contributed by atoms with Crippen molar-refractivity contribution >= 4 is 17.5 Å². The van der Waals surface area contributed by atoms with E-state index in [9.17, 15) is 9.18 Å². The van der Waals surface area contributed by atoms with Gasteiger partial charge in [-0.25, -0.2) is 4.39 Å². The number of amides is 1. The van der Waals surface area contributed by atoms with Crippen LogP contribution < -0.4 is 5.32 Å². The maximum atomic E-state index is 13.7. The predicted octanol–water partition coefficient (Wildman–Crippen LogP) is 3.27. The largest absolute Gasteiger partial charge is 0.349 e. The van der Waals surface area contributed by atoms with E-state index in [1.165, 1.54) is 6.07 Å². The van der Waals surface area contributed by atoms with E-state index in [0.717, 1.165) is 12.8 Å². The third kappa shape index (κ3) is 4.00. The lowest BCUT2D eigenvalue weighted by Gasteiger charge is -2.13. The highest BCUT2D eigenvalue weighted by molar-refractivity contribution is 6.17. The molecule has 0 saturated heterocycles. The molecule has 1 atom stereocenters. The lowest BCUT2D eigenvalue weighted by molar-refractivity contribution is 0.0934. The standard InChI is InChI=1S/C13H17ClFNO/c1-9-5-3-7-11(12(9)15)13(17)16-10(2)6-4-8-14/h3,5,7,10H,4,6,8H2,1-2H3,(H,16,17). The zero-order chi connectivity index (χ0) is 12.8. The fraction of sp³-hybridized carbons (Fsp3) is 0.462. The second-order valence-electron chi connectivity index (χ2n) is 4.14. The van der Waals surface area contributed by atoms with E-state index in [-0.39, 0.29) is 17.5 Å². The molecule has 0 spiro atoms. The van der Waals surface area contributed by atoms with Crippen LogP contribution in [-0.2, 0) is 0 Å². The van der Waals surface area contributed by atoms with Crippen LogP contribution in [0.25, 0.3) is 0 Å². The van der Waals surface area contributed by atoms with Gasteiger partial charge in [0.15, 0.2) is 0 Å². The van der Waals surface area contributed by atoms with E-state index in [1.807, 2.05) is 6.92 Å². The van der Waals surface area contributed by atoms with Crippen LogP contribution in [0.3, 0.4) is 0 Å². The summed E-state index contributed by atoms with van der Waals surface area (Å²) in [6, 6.07) is 4.81. The molecule has 0 aromatic heterocycles. The number of nitrogens with one attached hydrogen (secondary N) is 1. The van der Waals surface area contributed by atoms with E-state index in [1.54, 1.807) is 19.1 Å². The van der Waals surface area contributed by atoms with Crippen LogP contribution in [0.4, 0.5) is 4.39 Å². The summed E-state index contributed by atoms with van der Waals surface area (Å²) in [5.74, 6) is -0.248. The molecule has 1 rings (SSSR count). The summed E-state index contributed by atoms with van der Waals surface area (Å²) in [6.45, 7) is 3.53. The summed E-state index contributed by atoms with van der Waals surface area (Å²) in [7, 11) is 0. The van der Waals surface area contributed by atoms with E-state index < -0.39 is 5.82 Å². The zero-order valence-electron chi connectivity index (χ0n) is 10.1. The fourth-order valence-electron chi connectivity index (χ4n) is 1.58. The van der Waals surface area contributed by atoms with Crippen molar-refractivity contribution in [1.29, 1.82) is 0 Å². The Bertz CT molecular complexity index is 395. The first kappa shape index (κ1) is 14.0. The van der Waals surface area contributed by atoms with Crippen LogP contribution >= 0.6 is 11.6 Å². The minimum absolute atomic E-state index is 0.00108. The predicted molar refractivity (Wildman–Crippen MR) is 68.0 cm³/mol. The quantitative estimate of drug-likeness (QED) is 0.806. The Balaban J connectivity index is 2.67. The average molecular weight is 258 g/mol. The number of rotatable bonds is 5. The molecule has 1 unspecified atom stereocenters. The van der Waals surface area contributed by atoms with Gasteiger partial charge in [-0.3, -0.25) is 4.79 Å². The average Bonchev–Trinajstić information content (AvgIpc) is 2.29. The highest BCUT2D eigenvalue weighted by Crippen LogP contribution is 2.12. The Kier molecular flexibility index (Phi) is 5.42. The molecule has 0 heterocycles. The van der Waals surface area contributed by atoms with Gasteiger partial charge in [0, 0.05) is 11.9 Å². The molecule has 94 valence electrons. The maximum absolute atomic E-state index is 13.7. The lowest BCUT2D eigenvalue weighted by atomic mass is 10.1. The molecule has 0 saturated carbocycles. The van der Waals surface area contributed by atoms with Crippen molar-refractivity contribution < 1.29 is 9.18 Å². The summed E-state index contributed by atoms with van der Waals surface area (Å²) in [5, 5.41) is 2.76. The molecular formula is C13H17ClFNO. The number of alkyl halides is 1. The Morgan fingerprint density at radius 3 is 2.88 bits per heavy atom. The van der Waals surface area contributed by atoms with Crippen molar-refractivity contribution in [2.45, 2.75) is 32.7 Å². The van der Waals surface area contributed by atoms with Gasteiger partial charge in [0.05, 0.1) is 5.56 Å². The molecule has 17 heavy (non-hydrogen) atoms. The Labute approximate surface area is 106 Å². The van der Waals surface area contributed by atoms with E-state index in [4.69, 9.17) is 11.6 Å². The van der Waals surface area contributed by atoms with Crippen molar-refractivity contribution in [2.24, 2.45) is 0 Å². The van der Waals surface area contributed by atoms with Crippen LogP contribution in [0, 0.1) is 12.7 Å². The Morgan fingerprint density at radius 2 is 2.24 bits per heavy atom. The minimum atomic E-state index is -0.449. The summed E-state index contributed by atoms with van der Waals surface area (Å²) in [6.07, 6.45) is 1.63. The second kappa shape index (κ2) is 6.60. The summed E-state index contributed by atoms with van der Waals surface area (Å²) >= 11 is 5.57. The smallest absolute Gasteiger partial charge is 0.254 e. The maximum Gasteiger partial charge on any atom is 0.254 e. The lowest BCUT2D eigenvalue weighted by Crippen LogP contribution is -2.33. The molecule has 2 nitrogen and oxygen atoms in total. The SMILES string of the molecule is Cc1cccc(C(=O)NC(C)CCCCl)c1F. The van der Waals surface area contributed by atoms with Crippen molar-refractivity contribution in [1.82, 2.24) is 5.32 Å². The van der Waals surface area contributed by atoms with Gasteiger partial charge in [-0.1, -0.05) is 12.1 Å². The molecule has 0 aliphatic rings. The molecule has 1 amide bonds. The molecule has 0 aliphatic carbocycles. The molecular weight excluding hydrogens is 241 g/mol. The van der Waals surface area contributed by atoms with Gasteiger partial charge in [-0.05, 0) is 38.3 Å². The van der Waals surface area contributed by atoms with Crippen LogP contribution in [-0.4, -0.2) is 17.8 Å². The van der Waals surface area contributed by atoms with Crippen LogP contribution in [0.2, 0.25) is 0 Å². The number of carbonyl (C=O) groups excluding carboxylic acids is 1. The molecule has 0 aliphatic heterocycles. The molecule has 1 aromatic carbocycles. The van der Waals surface area contributed by atoms with Gasteiger partial charge in [-0.15, -0.1) is 11.6 Å². The van der Waals surface area contributed by atoms with E-state index >= 15 is 0 Å². The molecule has 0 bridgehead atoms. The topological polar surface area (TPSA) is 29.1 Å². The highest BCUT2D eigenvalue weighted by atomic mass is 35.5. The third-order valence-electron chi connectivity index (χ3n) is 2.58. The van der Waals surface area contributed by atoms with Gasteiger partial charge in [-0.2, -0.15) is 0 Å². The van der Waals surface area contributed by atoms with Crippen molar-refractivity contribution in [3.8, 4) is 0 Å². The number of aryl methyl sites for hydroxylation is 1. The van der Waals surface area contributed by atoms with Gasteiger partial charge in [0.25, 0.3) is 5.91 Å². The summed E-state index contributed by atoms with van der Waals surface area (Å²) in [5.41, 5.74) is 0.578. The minimum Gasteiger partial charge on any atom is -0.349 e. The first-order valence-corrected chi connectivity index (χ1v) is 6.21. The molecule has 1 aromatic rings. The van der Waals surface area contributed by atoms with Gasteiger partial charge < -0.3 is 5.32 Å². The van der Waals surface area contributed by atoms with Crippen LogP contribution in [0.15, 0.2) is 18.2 Å². The summed E-state index contributed by atoms with van der Waals surface area (Å²) < 4.78 is 13.7. The van der Waals surface area contributed by atoms with Crippen LogP contribution in [0.1, 0.15) is 35.7 Å². The number of carbonyl (C=O) groups is 1. The number of hydrogen-bond donors (Lipinski definition) is 1. The first-order chi connectivity index (χ1) is 8.06. The first-order valence-electron chi connectivity index (χ1n) is 5.68. The van der Waals surface area contributed by atoms with Crippen molar-refractivity contribution in [2.75, 3.05) is 5.88 Å².